The van der Waals surface area contributed by atoms with E-state index < -0.39 is 0 Å². The number of hydrogen-bond donors (Lipinski definition) is 2. The normalized spacial score (nSPS) is 22.0. The van der Waals surface area contributed by atoms with Gasteiger partial charge in [-0.2, -0.15) is 5.10 Å². The Morgan fingerprint density at radius 2 is 2.53 bits per heavy atom. The predicted octanol–water partition coefficient (Wildman–Crippen LogP) is 1.18. The number of H-pyrrole nitrogens is 1. The molecule has 1 saturated heterocycles. The molecular weight excluding hydrogens is 190 g/mol. The minimum atomic E-state index is 0.301. The molecule has 1 atom stereocenters. The highest BCUT2D eigenvalue weighted by Gasteiger charge is 2.21. The largest absolute Gasteiger partial charge is 0.396 e. The number of aromatic amines is 1. The van der Waals surface area contributed by atoms with E-state index in [-0.39, 0.29) is 0 Å². The van der Waals surface area contributed by atoms with Crippen LogP contribution in [0.2, 0.25) is 0 Å². The molecular formula is C11H19N3O. The van der Waals surface area contributed by atoms with E-state index in [0.717, 1.165) is 25.9 Å². The number of nitrogens with one attached hydrogen (secondary N) is 1. The highest BCUT2D eigenvalue weighted by Crippen LogP contribution is 2.24. The monoisotopic (exact) mass is 209 g/mol. The van der Waals surface area contributed by atoms with Crippen molar-refractivity contribution in [3.05, 3.63) is 11.9 Å². The summed E-state index contributed by atoms with van der Waals surface area (Å²) in [5.74, 6) is 0.429. The molecule has 0 aliphatic carbocycles. The summed E-state index contributed by atoms with van der Waals surface area (Å²) in [5, 5.41) is 16.3. The van der Waals surface area contributed by atoms with Gasteiger partial charge in [-0.15, -0.1) is 0 Å². The smallest absolute Gasteiger partial charge is 0.0782 e. The lowest BCUT2D eigenvalue weighted by atomic mass is 9.98. The molecule has 1 aliphatic heterocycles. The molecule has 0 radical (unpaired) electrons. The van der Waals surface area contributed by atoms with Crippen molar-refractivity contribution in [2.45, 2.75) is 26.2 Å². The Morgan fingerprint density at radius 3 is 3.27 bits per heavy atom. The van der Waals surface area contributed by atoms with E-state index in [1.54, 1.807) is 0 Å². The first-order valence-electron chi connectivity index (χ1n) is 5.73. The van der Waals surface area contributed by atoms with Gasteiger partial charge in [0.1, 0.15) is 0 Å². The van der Waals surface area contributed by atoms with Gasteiger partial charge in [0.15, 0.2) is 0 Å². The zero-order valence-corrected chi connectivity index (χ0v) is 9.24. The predicted molar refractivity (Wildman–Crippen MR) is 60.0 cm³/mol. The Morgan fingerprint density at radius 1 is 1.67 bits per heavy atom. The topological polar surface area (TPSA) is 52.2 Å². The van der Waals surface area contributed by atoms with Gasteiger partial charge in [-0.3, -0.25) is 5.10 Å². The number of hydrogen-bond acceptors (Lipinski definition) is 3. The highest BCUT2D eigenvalue weighted by molar-refractivity contribution is 5.49. The van der Waals surface area contributed by atoms with Crippen molar-refractivity contribution in [3.63, 3.8) is 0 Å². The van der Waals surface area contributed by atoms with E-state index in [0.29, 0.717) is 12.5 Å². The van der Waals surface area contributed by atoms with Crippen molar-refractivity contribution < 1.29 is 5.11 Å². The van der Waals surface area contributed by atoms with Crippen LogP contribution < -0.4 is 4.90 Å². The summed E-state index contributed by atoms with van der Waals surface area (Å²) < 4.78 is 0. The van der Waals surface area contributed by atoms with Crippen LogP contribution in [0.4, 0.5) is 5.69 Å². The number of aromatic nitrogens is 2. The quantitative estimate of drug-likeness (QED) is 0.786. The molecule has 1 unspecified atom stereocenters. The molecule has 0 saturated carbocycles. The summed E-state index contributed by atoms with van der Waals surface area (Å²) in [6.45, 7) is 4.48. The van der Waals surface area contributed by atoms with Crippen molar-refractivity contribution in [2.24, 2.45) is 5.92 Å². The van der Waals surface area contributed by atoms with Crippen LogP contribution in [0.25, 0.3) is 0 Å². The van der Waals surface area contributed by atoms with Crippen molar-refractivity contribution >= 4 is 5.69 Å². The van der Waals surface area contributed by atoms with Crippen LogP contribution in [-0.4, -0.2) is 35.0 Å². The van der Waals surface area contributed by atoms with Crippen LogP contribution in [0.15, 0.2) is 6.20 Å². The number of nitrogens with zero attached hydrogens (tertiary/aromatic N) is 2. The van der Waals surface area contributed by atoms with Gasteiger partial charge in [-0.25, -0.2) is 0 Å². The number of aliphatic hydroxyl groups excluding tert-OH is 1. The molecule has 1 aromatic heterocycles. The number of aliphatic hydroxyl groups is 1. The number of aryl methyl sites for hydroxylation is 1. The van der Waals surface area contributed by atoms with Gasteiger partial charge in [0.25, 0.3) is 0 Å². The van der Waals surface area contributed by atoms with Crippen molar-refractivity contribution in [2.75, 3.05) is 24.6 Å². The maximum Gasteiger partial charge on any atom is 0.0782 e. The van der Waals surface area contributed by atoms with Crippen LogP contribution in [0.3, 0.4) is 0 Å². The second-order valence-electron chi connectivity index (χ2n) is 4.22. The first-order chi connectivity index (χ1) is 7.35. The number of piperidine rings is 1. The molecule has 15 heavy (non-hydrogen) atoms. The second kappa shape index (κ2) is 4.66. The third kappa shape index (κ3) is 2.15. The summed E-state index contributed by atoms with van der Waals surface area (Å²) in [7, 11) is 0. The van der Waals surface area contributed by atoms with Gasteiger partial charge in [0, 0.05) is 19.7 Å². The molecule has 4 nitrogen and oxygen atoms in total. The molecule has 4 heteroatoms. The van der Waals surface area contributed by atoms with E-state index in [9.17, 15) is 5.11 Å². The fourth-order valence-corrected chi connectivity index (χ4v) is 2.27. The average Bonchev–Trinajstić information content (AvgIpc) is 2.77. The third-order valence-corrected chi connectivity index (χ3v) is 3.17. The summed E-state index contributed by atoms with van der Waals surface area (Å²) >= 11 is 0. The first kappa shape index (κ1) is 10.5. The third-order valence-electron chi connectivity index (χ3n) is 3.17. The molecule has 2 rings (SSSR count). The minimum Gasteiger partial charge on any atom is -0.396 e. The number of rotatable bonds is 3. The standard InChI is InChI=1S/C11H19N3O/c1-2-10-11(6-12-13-10)14-5-3-4-9(7-14)8-15/h6,9,15H,2-5,7-8H2,1H3,(H,12,13). The molecule has 2 heterocycles. The first-order valence-corrected chi connectivity index (χ1v) is 5.73. The van der Waals surface area contributed by atoms with Crippen LogP contribution in [0.1, 0.15) is 25.5 Å². The SMILES string of the molecule is CCc1[nH]ncc1N1CCCC(CO)C1. The van der Waals surface area contributed by atoms with E-state index in [4.69, 9.17) is 0 Å². The van der Waals surface area contributed by atoms with E-state index in [2.05, 4.69) is 22.0 Å². The van der Waals surface area contributed by atoms with Crippen LogP contribution in [0.5, 0.6) is 0 Å². The molecule has 0 spiro atoms. The Kier molecular flexibility index (Phi) is 3.26. The molecule has 2 N–H and O–H groups in total. The molecule has 1 aliphatic rings. The van der Waals surface area contributed by atoms with Gasteiger partial charge in [0.05, 0.1) is 17.6 Å². The molecule has 0 aromatic carbocycles. The lowest BCUT2D eigenvalue weighted by Gasteiger charge is -2.33. The van der Waals surface area contributed by atoms with Gasteiger partial charge in [-0.05, 0) is 25.2 Å². The maximum atomic E-state index is 9.18. The molecule has 0 bridgehead atoms. The summed E-state index contributed by atoms with van der Waals surface area (Å²) in [5.41, 5.74) is 2.42. The lowest BCUT2D eigenvalue weighted by Crippen LogP contribution is -2.37. The molecule has 1 aromatic rings. The highest BCUT2D eigenvalue weighted by atomic mass is 16.3. The summed E-state index contributed by atoms with van der Waals surface area (Å²) in [6, 6.07) is 0. The van der Waals surface area contributed by atoms with Crippen molar-refractivity contribution in [1.29, 1.82) is 0 Å². The van der Waals surface area contributed by atoms with Crippen molar-refractivity contribution in [3.8, 4) is 0 Å². The Hall–Kier alpha value is -1.03. The van der Waals surface area contributed by atoms with Gasteiger partial charge < -0.3 is 10.0 Å². The zero-order valence-electron chi connectivity index (χ0n) is 9.24. The molecule has 0 amide bonds. The lowest BCUT2D eigenvalue weighted by molar-refractivity contribution is 0.208. The van der Waals surface area contributed by atoms with Crippen molar-refractivity contribution in [1.82, 2.24) is 10.2 Å². The average molecular weight is 209 g/mol. The van der Waals surface area contributed by atoms with Gasteiger partial charge in [0.2, 0.25) is 0 Å². The second-order valence-corrected chi connectivity index (χ2v) is 4.22. The summed E-state index contributed by atoms with van der Waals surface area (Å²) in [6.07, 6.45) is 5.19. The van der Waals surface area contributed by atoms with E-state index in [1.165, 1.54) is 17.8 Å². The number of anilines is 1. The Bertz CT molecular complexity index is 311. The Balaban J connectivity index is 2.09. The van der Waals surface area contributed by atoms with Gasteiger partial charge >= 0.3 is 0 Å². The van der Waals surface area contributed by atoms with E-state index >= 15 is 0 Å². The minimum absolute atomic E-state index is 0.301. The van der Waals surface area contributed by atoms with Crippen LogP contribution >= 0.6 is 0 Å². The van der Waals surface area contributed by atoms with Gasteiger partial charge in [-0.1, -0.05) is 6.92 Å². The summed E-state index contributed by atoms with van der Waals surface area (Å²) in [4.78, 5) is 2.34. The fourth-order valence-electron chi connectivity index (χ4n) is 2.27. The van der Waals surface area contributed by atoms with Crippen LogP contribution in [0, 0.1) is 5.92 Å². The molecule has 84 valence electrons. The molecule has 1 fully saturated rings. The Labute approximate surface area is 90.3 Å². The van der Waals surface area contributed by atoms with E-state index in [1.807, 2.05) is 6.20 Å². The zero-order chi connectivity index (χ0) is 10.7. The fraction of sp³-hybridized carbons (Fsp3) is 0.727. The maximum absolute atomic E-state index is 9.18. The van der Waals surface area contributed by atoms with Crippen LogP contribution in [-0.2, 0) is 6.42 Å².